The van der Waals surface area contributed by atoms with Gasteiger partial charge in [0.15, 0.2) is 0 Å². The molecule has 0 saturated carbocycles. The van der Waals surface area contributed by atoms with Gasteiger partial charge in [-0.05, 0) is 31.2 Å². The average Bonchev–Trinajstić information content (AvgIpc) is 2.68. The number of esters is 1. The summed E-state index contributed by atoms with van der Waals surface area (Å²) >= 11 is 7.36. The molecule has 0 atom stereocenters. The lowest BCUT2D eigenvalue weighted by molar-refractivity contribution is -0.141. The summed E-state index contributed by atoms with van der Waals surface area (Å²) in [6.07, 6.45) is 0. The van der Waals surface area contributed by atoms with Crippen LogP contribution in [-0.4, -0.2) is 28.4 Å². The van der Waals surface area contributed by atoms with Crippen LogP contribution in [0.5, 0.6) is 0 Å². The SMILES string of the molecule is Cc1ccc(NC(=O)CSCC(=O)OCc2cc3ccccc3nc2Cl)cc1. The Morgan fingerprint density at radius 2 is 1.86 bits per heavy atom. The van der Waals surface area contributed by atoms with Crippen molar-refractivity contribution in [3.8, 4) is 0 Å². The van der Waals surface area contributed by atoms with Gasteiger partial charge in [0.2, 0.25) is 5.91 Å². The Morgan fingerprint density at radius 3 is 2.64 bits per heavy atom. The minimum Gasteiger partial charge on any atom is -0.460 e. The third-order valence-electron chi connectivity index (χ3n) is 3.93. The largest absolute Gasteiger partial charge is 0.460 e. The molecular formula is C21H19ClN2O3S. The summed E-state index contributed by atoms with van der Waals surface area (Å²) in [5, 5.41) is 4.03. The van der Waals surface area contributed by atoms with Crippen molar-refractivity contribution in [2.24, 2.45) is 0 Å². The van der Waals surface area contributed by atoms with Crippen molar-refractivity contribution in [1.82, 2.24) is 4.98 Å². The fourth-order valence-electron chi connectivity index (χ4n) is 2.50. The first-order valence-electron chi connectivity index (χ1n) is 8.65. The number of aryl methyl sites for hydroxylation is 1. The number of nitrogens with zero attached hydrogens (tertiary/aromatic N) is 1. The first-order valence-corrected chi connectivity index (χ1v) is 10.2. The molecule has 0 saturated heterocycles. The van der Waals surface area contributed by atoms with Crippen molar-refractivity contribution in [2.75, 3.05) is 16.8 Å². The molecule has 7 heteroatoms. The zero-order valence-electron chi connectivity index (χ0n) is 15.3. The van der Waals surface area contributed by atoms with Crippen LogP contribution < -0.4 is 5.32 Å². The highest BCUT2D eigenvalue weighted by atomic mass is 35.5. The number of carbonyl (C=O) groups excluding carboxylic acids is 2. The van der Waals surface area contributed by atoms with E-state index in [4.69, 9.17) is 16.3 Å². The molecule has 3 rings (SSSR count). The number of fused-ring (bicyclic) bond motifs is 1. The normalized spacial score (nSPS) is 10.6. The van der Waals surface area contributed by atoms with Crippen LogP contribution >= 0.6 is 23.4 Å². The first-order chi connectivity index (χ1) is 13.5. The number of hydrogen-bond donors (Lipinski definition) is 1. The molecule has 0 aliphatic carbocycles. The smallest absolute Gasteiger partial charge is 0.316 e. The van der Waals surface area contributed by atoms with E-state index in [-0.39, 0.29) is 24.0 Å². The molecule has 0 aliphatic rings. The lowest BCUT2D eigenvalue weighted by Crippen LogP contribution is -2.16. The number of pyridine rings is 1. The third kappa shape index (κ3) is 5.71. The van der Waals surface area contributed by atoms with Crippen molar-refractivity contribution in [2.45, 2.75) is 13.5 Å². The average molecular weight is 415 g/mol. The highest BCUT2D eigenvalue weighted by Crippen LogP contribution is 2.21. The third-order valence-corrected chi connectivity index (χ3v) is 5.16. The highest BCUT2D eigenvalue weighted by Gasteiger charge is 2.10. The molecule has 0 aliphatic heterocycles. The van der Waals surface area contributed by atoms with Crippen LogP contribution in [0.2, 0.25) is 5.15 Å². The predicted octanol–water partition coefficient (Wildman–Crippen LogP) is 4.61. The molecular weight excluding hydrogens is 396 g/mol. The van der Waals surface area contributed by atoms with Gasteiger partial charge in [-0.25, -0.2) is 4.98 Å². The van der Waals surface area contributed by atoms with Crippen LogP contribution in [0.15, 0.2) is 54.6 Å². The van der Waals surface area contributed by atoms with Crippen LogP contribution in [-0.2, 0) is 20.9 Å². The number of nitrogens with one attached hydrogen (secondary N) is 1. The van der Waals surface area contributed by atoms with E-state index in [9.17, 15) is 9.59 Å². The number of amides is 1. The van der Waals surface area contributed by atoms with Crippen LogP contribution in [0.1, 0.15) is 11.1 Å². The van der Waals surface area contributed by atoms with E-state index in [0.717, 1.165) is 22.2 Å². The van der Waals surface area contributed by atoms with Gasteiger partial charge < -0.3 is 10.1 Å². The van der Waals surface area contributed by atoms with Crippen molar-refractivity contribution >= 4 is 51.8 Å². The predicted molar refractivity (Wildman–Crippen MR) is 114 cm³/mol. The number of hydrogen-bond acceptors (Lipinski definition) is 5. The maximum absolute atomic E-state index is 11.9. The van der Waals surface area contributed by atoms with Gasteiger partial charge in [-0.15, -0.1) is 11.8 Å². The van der Waals surface area contributed by atoms with Gasteiger partial charge in [-0.3, -0.25) is 9.59 Å². The van der Waals surface area contributed by atoms with Gasteiger partial charge in [-0.2, -0.15) is 0 Å². The molecule has 1 N–H and O–H groups in total. The molecule has 0 radical (unpaired) electrons. The van der Waals surface area contributed by atoms with Gasteiger partial charge in [-0.1, -0.05) is 47.5 Å². The Morgan fingerprint density at radius 1 is 1.11 bits per heavy atom. The van der Waals surface area contributed by atoms with Gasteiger partial charge >= 0.3 is 5.97 Å². The standard InChI is InChI=1S/C21H19ClN2O3S/c1-14-6-8-17(9-7-14)23-19(25)12-28-13-20(26)27-11-16-10-15-4-2-3-5-18(15)24-21(16)22/h2-10H,11-13H2,1H3,(H,23,25). The second-order valence-corrected chi connectivity index (χ2v) is 7.54. The number of benzene rings is 2. The van der Waals surface area contributed by atoms with Crippen molar-refractivity contribution in [1.29, 1.82) is 0 Å². The number of carbonyl (C=O) groups is 2. The Labute approximate surface area is 172 Å². The van der Waals surface area contributed by atoms with Crippen molar-refractivity contribution in [3.63, 3.8) is 0 Å². The summed E-state index contributed by atoms with van der Waals surface area (Å²) in [5.41, 5.74) is 3.29. The van der Waals surface area contributed by atoms with Crippen molar-refractivity contribution in [3.05, 3.63) is 70.9 Å². The van der Waals surface area contributed by atoms with Crippen LogP contribution in [0, 0.1) is 6.92 Å². The van der Waals surface area contributed by atoms with E-state index in [0.29, 0.717) is 10.7 Å². The second kappa shape index (κ2) is 9.57. The Bertz CT molecular complexity index is 993. The summed E-state index contributed by atoms with van der Waals surface area (Å²) in [6, 6.07) is 17.0. The van der Waals surface area contributed by atoms with Gasteiger partial charge in [0.1, 0.15) is 11.8 Å². The van der Waals surface area contributed by atoms with Gasteiger partial charge in [0.25, 0.3) is 0 Å². The lowest BCUT2D eigenvalue weighted by Gasteiger charge is -2.08. The maximum atomic E-state index is 11.9. The molecule has 1 aromatic heterocycles. The lowest BCUT2D eigenvalue weighted by atomic mass is 10.2. The summed E-state index contributed by atoms with van der Waals surface area (Å²) < 4.78 is 5.26. The second-order valence-electron chi connectivity index (χ2n) is 6.20. The van der Waals surface area contributed by atoms with Crippen molar-refractivity contribution < 1.29 is 14.3 Å². The van der Waals surface area contributed by atoms with E-state index in [1.54, 1.807) is 0 Å². The number of para-hydroxylation sites is 1. The highest BCUT2D eigenvalue weighted by molar-refractivity contribution is 8.00. The fourth-order valence-corrected chi connectivity index (χ4v) is 3.31. The molecule has 3 aromatic rings. The minimum atomic E-state index is -0.405. The van der Waals surface area contributed by atoms with E-state index in [1.165, 1.54) is 11.8 Å². The zero-order chi connectivity index (χ0) is 19.9. The minimum absolute atomic E-state index is 0.0472. The fraction of sp³-hybridized carbons (Fsp3) is 0.190. The monoisotopic (exact) mass is 414 g/mol. The molecule has 0 fully saturated rings. The first kappa shape index (κ1) is 20.2. The van der Waals surface area contributed by atoms with E-state index >= 15 is 0 Å². The number of ether oxygens (including phenoxy) is 1. The molecule has 0 unspecified atom stereocenters. The van der Waals surface area contributed by atoms with E-state index < -0.39 is 5.97 Å². The summed E-state index contributed by atoms with van der Waals surface area (Å²) in [4.78, 5) is 28.1. The Hall–Kier alpha value is -2.57. The Kier molecular flexibility index (Phi) is 6.90. The molecule has 1 heterocycles. The van der Waals surface area contributed by atoms with Crippen LogP contribution in [0.3, 0.4) is 0 Å². The number of rotatable bonds is 7. The molecule has 0 bridgehead atoms. The maximum Gasteiger partial charge on any atom is 0.316 e. The molecule has 28 heavy (non-hydrogen) atoms. The molecule has 0 spiro atoms. The van der Waals surface area contributed by atoms with Crippen LogP contribution in [0.25, 0.3) is 10.9 Å². The van der Waals surface area contributed by atoms with Gasteiger partial charge in [0.05, 0.1) is 17.0 Å². The van der Waals surface area contributed by atoms with E-state index in [2.05, 4.69) is 10.3 Å². The number of halogens is 1. The molecule has 2 aromatic carbocycles. The van der Waals surface area contributed by atoms with Crippen LogP contribution in [0.4, 0.5) is 5.69 Å². The molecule has 1 amide bonds. The van der Waals surface area contributed by atoms with Gasteiger partial charge in [0, 0.05) is 16.6 Å². The topological polar surface area (TPSA) is 68.3 Å². The summed E-state index contributed by atoms with van der Waals surface area (Å²) in [6.45, 7) is 2.03. The molecule has 144 valence electrons. The zero-order valence-corrected chi connectivity index (χ0v) is 16.8. The summed E-state index contributed by atoms with van der Waals surface area (Å²) in [7, 11) is 0. The quantitative estimate of drug-likeness (QED) is 0.451. The summed E-state index contributed by atoms with van der Waals surface area (Å²) in [5.74, 6) is -0.318. The Balaban J connectivity index is 1.42. The number of thioether (sulfide) groups is 1. The molecule has 5 nitrogen and oxygen atoms in total. The number of aromatic nitrogens is 1. The van der Waals surface area contributed by atoms with E-state index in [1.807, 2.05) is 61.5 Å². The number of anilines is 1.